The molecule has 0 radical (unpaired) electrons. The number of hydrogen-bond donors (Lipinski definition) is 0. The van der Waals surface area contributed by atoms with Crippen LogP contribution in [0.4, 0.5) is 0 Å². The fraction of sp³-hybridized carbons (Fsp3) is 1.00. The fourth-order valence-electron chi connectivity index (χ4n) is 0.968. The Morgan fingerprint density at radius 1 is 1.40 bits per heavy atom. The first-order valence-corrected chi connectivity index (χ1v) is 7.51. The van der Waals surface area contributed by atoms with Gasteiger partial charge in [-0.05, 0) is 5.92 Å². The highest BCUT2D eigenvalue weighted by Crippen LogP contribution is 2.12. The molecule has 1 atom stereocenters. The minimum Gasteiger partial charge on any atom is -0.346 e. The SMILES string of the molecule is CCC(C)CCC[CH2][Mg][Cl]. The molecule has 0 bridgehead atoms. The Labute approximate surface area is 78.2 Å². The van der Waals surface area contributed by atoms with Crippen molar-refractivity contribution in [1.29, 1.82) is 0 Å². The van der Waals surface area contributed by atoms with Gasteiger partial charge in [0.25, 0.3) is 0 Å². The Balaban J connectivity index is 2.89. The quantitative estimate of drug-likeness (QED) is 0.426. The second-order valence-corrected chi connectivity index (χ2v) is 5.27. The van der Waals surface area contributed by atoms with Crippen molar-refractivity contribution in [3.8, 4) is 0 Å². The summed E-state index contributed by atoms with van der Waals surface area (Å²) in [4.78, 5) is 0. The van der Waals surface area contributed by atoms with Crippen LogP contribution in [0.15, 0.2) is 0 Å². The van der Waals surface area contributed by atoms with Crippen molar-refractivity contribution in [3.05, 3.63) is 0 Å². The average Bonchev–Trinajstić information content (AvgIpc) is 1.98. The molecule has 58 valence electrons. The Hall–Kier alpha value is 1.06. The van der Waals surface area contributed by atoms with E-state index < -0.39 is 0 Å². The molecule has 0 aliphatic rings. The lowest BCUT2D eigenvalue weighted by atomic mass is 10.0. The second-order valence-electron chi connectivity index (χ2n) is 3.05. The van der Waals surface area contributed by atoms with E-state index in [9.17, 15) is 0 Å². The third-order valence-corrected chi connectivity index (χ3v) is 3.60. The molecular formula is C8H17ClMg. The molecule has 1 unspecified atom stereocenters. The van der Waals surface area contributed by atoms with Gasteiger partial charge in [-0.3, -0.25) is 0 Å². The molecule has 0 nitrogen and oxygen atoms in total. The lowest BCUT2D eigenvalue weighted by Crippen LogP contribution is -1.91. The van der Waals surface area contributed by atoms with Gasteiger partial charge in [0.1, 0.15) is 0 Å². The molecule has 0 rings (SSSR count). The van der Waals surface area contributed by atoms with Crippen molar-refractivity contribution >= 4 is 28.3 Å². The van der Waals surface area contributed by atoms with Crippen LogP contribution in [0.1, 0.15) is 39.5 Å². The van der Waals surface area contributed by atoms with Gasteiger partial charge < -0.3 is 9.07 Å². The predicted molar refractivity (Wildman–Crippen MR) is 49.7 cm³/mol. The average molecular weight is 173 g/mol. The van der Waals surface area contributed by atoms with E-state index in [1.54, 1.807) is 0 Å². The second kappa shape index (κ2) is 8.16. The molecule has 0 fully saturated rings. The number of unbranched alkanes of at least 4 members (excludes halogenated alkanes) is 1. The highest BCUT2D eigenvalue weighted by Gasteiger charge is 1.97. The number of hydrogen-bond acceptors (Lipinski definition) is 0. The van der Waals surface area contributed by atoms with Crippen LogP contribution < -0.4 is 0 Å². The van der Waals surface area contributed by atoms with Gasteiger partial charge in [-0.1, -0.05) is 39.5 Å². The zero-order valence-corrected chi connectivity index (χ0v) is 9.37. The topological polar surface area (TPSA) is 0 Å². The summed E-state index contributed by atoms with van der Waals surface area (Å²) in [6.07, 6.45) is 5.51. The Morgan fingerprint density at radius 2 is 2.10 bits per heavy atom. The lowest BCUT2D eigenvalue weighted by molar-refractivity contribution is 0.492. The summed E-state index contributed by atoms with van der Waals surface area (Å²) in [6.45, 7) is 4.60. The van der Waals surface area contributed by atoms with E-state index in [-0.39, 0.29) is 19.3 Å². The van der Waals surface area contributed by atoms with E-state index in [1.807, 2.05) is 0 Å². The van der Waals surface area contributed by atoms with Crippen molar-refractivity contribution < 1.29 is 0 Å². The van der Waals surface area contributed by atoms with E-state index in [0.29, 0.717) is 0 Å². The van der Waals surface area contributed by atoms with Gasteiger partial charge in [0.15, 0.2) is 0 Å². The van der Waals surface area contributed by atoms with Crippen molar-refractivity contribution in [1.82, 2.24) is 0 Å². The maximum absolute atomic E-state index is 5.69. The first kappa shape index (κ1) is 11.1. The van der Waals surface area contributed by atoms with Gasteiger partial charge in [0.2, 0.25) is 0 Å². The van der Waals surface area contributed by atoms with Crippen LogP contribution in [0.3, 0.4) is 0 Å². The van der Waals surface area contributed by atoms with Crippen molar-refractivity contribution in [3.63, 3.8) is 0 Å². The highest BCUT2D eigenvalue weighted by molar-refractivity contribution is 6.93. The summed E-state index contributed by atoms with van der Waals surface area (Å²) in [5, 5.41) is 0. The van der Waals surface area contributed by atoms with E-state index in [2.05, 4.69) is 13.8 Å². The van der Waals surface area contributed by atoms with E-state index >= 15 is 0 Å². The standard InChI is InChI=1S/C8H17.ClH.Mg/c1-4-6-7-8(3)5-2;;/h8H,1,4-7H2,2-3H3;1H;/q;;+1/p-1. The number of halogens is 1. The zero-order valence-electron chi connectivity index (χ0n) is 7.20. The molecule has 0 saturated heterocycles. The first-order chi connectivity index (χ1) is 4.81. The van der Waals surface area contributed by atoms with Crippen LogP contribution in [-0.4, -0.2) is 19.3 Å². The summed E-state index contributed by atoms with van der Waals surface area (Å²) in [6, 6.07) is 0. The normalized spacial score (nSPS) is 12.7. The van der Waals surface area contributed by atoms with Crippen LogP contribution >= 0.6 is 9.07 Å². The molecule has 0 aromatic heterocycles. The van der Waals surface area contributed by atoms with Crippen molar-refractivity contribution in [2.24, 2.45) is 5.92 Å². The van der Waals surface area contributed by atoms with Gasteiger partial charge in [-0.15, -0.1) is 4.55 Å². The maximum atomic E-state index is 5.69. The van der Waals surface area contributed by atoms with E-state index in [1.165, 1.54) is 30.2 Å². The van der Waals surface area contributed by atoms with Gasteiger partial charge >= 0.3 is 19.3 Å². The summed E-state index contributed by atoms with van der Waals surface area (Å²) < 4.78 is 1.33. The first-order valence-electron chi connectivity index (χ1n) is 4.37. The molecule has 10 heavy (non-hydrogen) atoms. The minimum atomic E-state index is -0.165. The molecule has 0 aliphatic heterocycles. The molecule has 0 N–H and O–H groups in total. The Morgan fingerprint density at radius 3 is 2.60 bits per heavy atom. The molecule has 0 saturated carbocycles. The minimum absolute atomic E-state index is 0.165. The Kier molecular flexibility index (Phi) is 9.02. The van der Waals surface area contributed by atoms with Crippen LogP contribution in [-0.2, 0) is 0 Å². The molecule has 0 aromatic carbocycles. The van der Waals surface area contributed by atoms with Gasteiger partial charge in [-0.2, -0.15) is 0 Å². The van der Waals surface area contributed by atoms with Crippen LogP contribution in [0.5, 0.6) is 0 Å². The lowest BCUT2D eigenvalue weighted by Gasteiger charge is -2.06. The monoisotopic (exact) mass is 172 g/mol. The molecular weight excluding hydrogens is 156 g/mol. The number of rotatable bonds is 6. The van der Waals surface area contributed by atoms with E-state index in [4.69, 9.17) is 9.07 Å². The van der Waals surface area contributed by atoms with Crippen molar-refractivity contribution in [2.45, 2.75) is 44.1 Å². The molecule has 0 aromatic rings. The predicted octanol–water partition coefficient (Wildman–Crippen LogP) is 3.48. The molecule has 0 heterocycles. The van der Waals surface area contributed by atoms with E-state index in [0.717, 1.165) is 5.92 Å². The van der Waals surface area contributed by atoms with Crippen LogP contribution in [0.25, 0.3) is 0 Å². The maximum Gasteiger partial charge on any atom is 0.501 e. The summed E-state index contributed by atoms with van der Waals surface area (Å²) >= 11 is -0.165. The molecule has 0 amide bonds. The zero-order chi connectivity index (χ0) is 7.82. The van der Waals surface area contributed by atoms with Gasteiger partial charge in [-0.25, -0.2) is 0 Å². The third kappa shape index (κ3) is 7.17. The highest BCUT2D eigenvalue weighted by atomic mass is 35.5. The molecule has 0 spiro atoms. The third-order valence-electron chi connectivity index (χ3n) is 2.03. The largest absolute Gasteiger partial charge is 0.501 e. The van der Waals surface area contributed by atoms with Crippen LogP contribution in [0, 0.1) is 5.92 Å². The van der Waals surface area contributed by atoms with Crippen LogP contribution in [0.2, 0.25) is 4.55 Å². The molecule has 0 aliphatic carbocycles. The Bertz CT molecular complexity index is 66.3. The smallest absolute Gasteiger partial charge is 0.346 e. The van der Waals surface area contributed by atoms with Crippen molar-refractivity contribution in [2.75, 3.05) is 0 Å². The summed E-state index contributed by atoms with van der Waals surface area (Å²) in [5.41, 5.74) is 0. The van der Waals surface area contributed by atoms with Gasteiger partial charge in [0.05, 0.1) is 0 Å². The van der Waals surface area contributed by atoms with Gasteiger partial charge in [0, 0.05) is 0 Å². The molecule has 2 heteroatoms. The summed E-state index contributed by atoms with van der Waals surface area (Å²) in [5.74, 6) is 0.928. The summed E-state index contributed by atoms with van der Waals surface area (Å²) in [7, 11) is 5.69. The fourth-order valence-corrected chi connectivity index (χ4v) is 2.08.